The Labute approximate surface area is 339 Å². The number of hydrogen-bond donors (Lipinski definition) is 2. The second-order valence-electron chi connectivity index (χ2n) is 16.8. The summed E-state index contributed by atoms with van der Waals surface area (Å²) in [6, 6.07) is 20.9. The summed E-state index contributed by atoms with van der Waals surface area (Å²) in [4.78, 5) is 48.7. The van der Waals surface area contributed by atoms with Gasteiger partial charge in [-0.05, 0) is 117 Å². The van der Waals surface area contributed by atoms with Crippen LogP contribution in [-0.4, -0.2) is 105 Å². The second-order valence-corrected chi connectivity index (χ2v) is 17.2. The lowest BCUT2D eigenvalue weighted by Crippen LogP contribution is -2.49. The smallest absolute Gasteiger partial charge is 0.253 e. The Bertz CT molecular complexity index is 2020. The van der Waals surface area contributed by atoms with Crippen molar-refractivity contribution in [2.75, 3.05) is 85.5 Å². The fourth-order valence-electron chi connectivity index (χ4n) is 9.77. The molecule has 300 valence electrons. The predicted octanol–water partition coefficient (Wildman–Crippen LogP) is 6.13. The summed E-state index contributed by atoms with van der Waals surface area (Å²) in [5, 5.41) is 15.3. The van der Waals surface area contributed by atoms with E-state index in [0.717, 1.165) is 95.7 Å². The molecule has 0 aliphatic carbocycles. The third kappa shape index (κ3) is 8.56. The van der Waals surface area contributed by atoms with E-state index in [9.17, 15) is 24.0 Å². The highest BCUT2D eigenvalue weighted by molar-refractivity contribution is 6.32. The molecule has 11 nitrogen and oxygen atoms in total. The number of imide groups is 1. The summed E-state index contributed by atoms with van der Waals surface area (Å²) in [6.07, 6.45) is 6.00. The van der Waals surface area contributed by atoms with E-state index in [1.807, 2.05) is 35.2 Å². The first kappa shape index (κ1) is 39.0. The van der Waals surface area contributed by atoms with Gasteiger partial charge in [-0.2, -0.15) is 5.26 Å². The largest absolute Gasteiger partial charge is 0.374 e. The van der Waals surface area contributed by atoms with E-state index in [4.69, 9.17) is 11.6 Å². The van der Waals surface area contributed by atoms with Gasteiger partial charge in [-0.25, -0.2) is 4.39 Å². The number of rotatable bonds is 8. The number of carbonyl (C=O) groups excluding carboxylic acids is 3. The number of piperazine rings is 1. The number of nitriles is 1. The molecular formula is C44H52ClFN8O3. The van der Waals surface area contributed by atoms with E-state index in [1.54, 1.807) is 12.1 Å². The number of piperidine rings is 3. The van der Waals surface area contributed by atoms with Gasteiger partial charge >= 0.3 is 0 Å². The van der Waals surface area contributed by atoms with Gasteiger partial charge in [0.05, 0.1) is 16.3 Å². The molecule has 5 aliphatic rings. The number of benzene rings is 3. The van der Waals surface area contributed by atoms with Crippen molar-refractivity contribution in [3.8, 4) is 6.07 Å². The molecule has 5 saturated heterocycles. The summed E-state index contributed by atoms with van der Waals surface area (Å²) >= 11 is 6.38. The summed E-state index contributed by atoms with van der Waals surface area (Å²) < 4.78 is 15.0. The fraction of sp³-hybridized carbons (Fsp3) is 0.500. The Balaban J connectivity index is 0.770. The molecule has 3 aromatic rings. The summed E-state index contributed by atoms with van der Waals surface area (Å²) in [5.41, 5.74) is 4.96. The van der Waals surface area contributed by atoms with Crippen LogP contribution < -0.4 is 25.3 Å². The van der Waals surface area contributed by atoms with Gasteiger partial charge in [0.25, 0.3) is 5.91 Å². The third-order valence-electron chi connectivity index (χ3n) is 13.1. The summed E-state index contributed by atoms with van der Waals surface area (Å²) in [5.74, 6) is -0.285. The highest BCUT2D eigenvalue weighted by atomic mass is 35.5. The second kappa shape index (κ2) is 16.5. The zero-order valence-corrected chi connectivity index (χ0v) is 33.4. The zero-order valence-electron chi connectivity index (χ0n) is 32.7. The Morgan fingerprint density at radius 1 is 0.912 bits per heavy atom. The standard InChI is InChI=1S/C44H52ClFN8O3/c1-30-26-44(29-54(30)36-8-4-33(27-47)37(45)25-36)14-18-51(19-15-44)35-6-2-32(3-7-35)43(57)53-16-12-31(13-17-53)28-50-20-22-52(23-21-50)40-24-34(5-9-38(40)46)48-39-10-11-41(55)49-42(39)56/h2-9,24-25,30-31,39,48H,10-23,26,28-29H2,1H3,(H,49,55,56)/t30-,39+/m1/s1. The average molecular weight is 795 g/mol. The molecule has 3 amide bonds. The van der Waals surface area contributed by atoms with Crippen molar-refractivity contribution in [3.05, 3.63) is 82.6 Å². The minimum absolute atomic E-state index is 0.102. The maximum Gasteiger partial charge on any atom is 0.253 e. The van der Waals surface area contributed by atoms with Crippen molar-refractivity contribution in [2.45, 2.75) is 64.0 Å². The lowest BCUT2D eigenvalue weighted by Gasteiger charge is -2.40. The molecule has 13 heteroatoms. The molecule has 0 bridgehead atoms. The van der Waals surface area contributed by atoms with Crippen LogP contribution >= 0.6 is 11.6 Å². The summed E-state index contributed by atoms with van der Waals surface area (Å²) in [7, 11) is 0. The van der Waals surface area contributed by atoms with Crippen molar-refractivity contribution in [1.82, 2.24) is 15.1 Å². The van der Waals surface area contributed by atoms with E-state index < -0.39 is 6.04 Å². The van der Waals surface area contributed by atoms with Gasteiger partial charge in [0.2, 0.25) is 11.8 Å². The minimum Gasteiger partial charge on any atom is -0.374 e. The monoisotopic (exact) mass is 794 g/mol. The summed E-state index contributed by atoms with van der Waals surface area (Å²) in [6.45, 7) is 10.8. The first-order valence-corrected chi connectivity index (χ1v) is 20.9. The quantitative estimate of drug-likeness (QED) is 0.260. The molecule has 2 N–H and O–H groups in total. The molecule has 5 aliphatic heterocycles. The van der Waals surface area contributed by atoms with Gasteiger partial charge in [-0.15, -0.1) is 0 Å². The lowest BCUT2D eigenvalue weighted by atomic mass is 9.76. The number of nitrogens with zero attached hydrogens (tertiary/aromatic N) is 6. The minimum atomic E-state index is -0.516. The number of anilines is 4. The van der Waals surface area contributed by atoms with Gasteiger partial charge in [0, 0.05) is 101 Å². The van der Waals surface area contributed by atoms with Gasteiger partial charge in [-0.1, -0.05) is 11.6 Å². The normalized spacial score (nSPS) is 23.1. The highest BCUT2D eigenvalue weighted by Gasteiger charge is 2.44. The number of carbonyl (C=O) groups is 3. The molecule has 3 aromatic carbocycles. The van der Waals surface area contributed by atoms with E-state index >= 15 is 0 Å². The zero-order chi connectivity index (χ0) is 39.7. The van der Waals surface area contributed by atoms with Gasteiger partial charge in [-0.3, -0.25) is 24.6 Å². The average Bonchev–Trinajstić information content (AvgIpc) is 3.55. The molecule has 0 unspecified atom stereocenters. The number of likely N-dealkylation sites (tertiary alicyclic amines) is 1. The van der Waals surface area contributed by atoms with E-state index in [2.05, 4.69) is 55.4 Å². The first-order valence-electron chi connectivity index (χ1n) is 20.5. The molecule has 8 rings (SSSR count). The lowest BCUT2D eigenvalue weighted by molar-refractivity contribution is -0.133. The molecule has 57 heavy (non-hydrogen) atoms. The van der Waals surface area contributed by atoms with E-state index in [0.29, 0.717) is 53.4 Å². The number of nitrogens with one attached hydrogen (secondary N) is 2. The van der Waals surface area contributed by atoms with Crippen molar-refractivity contribution in [3.63, 3.8) is 0 Å². The number of amides is 3. The molecule has 0 aromatic heterocycles. The fourth-order valence-corrected chi connectivity index (χ4v) is 9.99. The van der Waals surface area contributed by atoms with Crippen molar-refractivity contribution in [1.29, 1.82) is 5.26 Å². The maximum absolute atomic E-state index is 15.0. The number of halogens is 2. The van der Waals surface area contributed by atoms with Gasteiger partial charge in [0.1, 0.15) is 17.9 Å². The van der Waals surface area contributed by atoms with Crippen molar-refractivity contribution < 1.29 is 18.8 Å². The third-order valence-corrected chi connectivity index (χ3v) is 13.4. The molecule has 2 atom stereocenters. The maximum atomic E-state index is 15.0. The Morgan fingerprint density at radius 3 is 2.32 bits per heavy atom. The Morgan fingerprint density at radius 2 is 1.63 bits per heavy atom. The van der Waals surface area contributed by atoms with Crippen LogP contribution in [0.1, 0.15) is 67.8 Å². The van der Waals surface area contributed by atoms with Crippen LogP contribution in [0.2, 0.25) is 5.02 Å². The van der Waals surface area contributed by atoms with E-state index in [-0.39, 0.29) is 35.4 Å². The highest BCUT2D eigenvalue weighted by Crippen LogP contribution is 2.46. The van der Waals surface area contributed by atoms with Gasteiger partial charge < -0.3 is 24.9 Å². The SMILES string of the molecule is C[C@@H]1CC2(CCN(c3ccc(C(=O)N4CCC(CN5CCN(c6cc(N[C@H]7CCC(=O)NC7=O)ccc6F)CC5)CC4)cc3)CC2)CN1c1ccc(C#N)c(Cl)c1. The van der Waals surface area contributed by atoms with Crippen LogP contribution in [0, 0.1) is 28.5 Å². The van der Waals surface area contributed by atoms with Crippen LogP contribution in [-0.2, 0) is 9.59 Å². The topological polar surface area (TPSA) is 115 Å². The Hall–Kier alpha value is -4.86. The molecule has 5 fully saturated rings. The first-order chi connectivity index (χ1) is 27.6. The van der Waals surface area contributed by atoms with Crippen LogP contribution in [0.15, 0.2) is 60.7 Å². The van der Waals surface area contributed by atoms with Crippen LogP contribution in [0.3, 0.4) is 0 Å². The van der Waals surface area contributed by atoms with Crippen LogP contribution in [0.5, 0.6) is 0 Å². The molecular weight excluding hydrogens is 743 g/mol. The predicted molar refractivity (Wildman–Crippen MR) is 221 cm³/mol. The van der Waals surface area contributed by atoms with Crippen molar-refractivity contribution in [2.24, 2.45) is 11.3 Å². The van der Waals surface area contributed by atoms with E-state index in [1.165, 1.54) is 11.8 Å². The van der Waals surface area contributed by atoms with Crippen molar-refractivity contribution >= 4 is 52.1 Å². The van der Waals surface area contributed by atoms with Crippen LogP contribution in [0.4, 0.5) is 27.1 Å². The molecule has 5 heterocycles. The van der Waals surface area contributed by atoms with Crippen LogP contribution in [0.25, 0.3) is 0 Å². The Kier molecular flexibility index (Phi) is 11.3. The van der Waals surface area contributed by atoms with Gasteiger partial charge in [0.15, 0.2) is 0 Å². The number of hydrogen-bond acceptors (Lipinski definition) is 9. The molecule has 0 saturated carbocycles. The molecule has 0 radical (unpaired) electrons. The molecule has 1 spiro atoms.